The van der Waals surface area contributed by atoms with Gasteiger partial charge in [-0.1, -0.05) is 29.5 Å². The second-order valence-electron chi connectivity index (χ2n) is 6.52. The molecule has 4 rings (SSSR count). The molecule has 31 heavy (non-hydrogen) atoms. The first-order valence-corrected chi connectivity index (χ1v) is 9.63. The SMILES string of the molecule is FC(F)(F)c1ccc(Nc2ncnc3sc(Cc4ccccc4C(F)(F)F)nc23)cc1. The van der Waals surface area contributed by atoms with E-state index in [0.29, 0.717) is 21.0 Å². The second kappa shape index (κ2) is 7.80. The first-order valence-electron chi connectivity index (χ1n) is 8.81. The molecule has 0 bridgehead atoms. The van der Waals surface area contributed by atoms with Gasteiger partial charge in [-0.05, 0) is 35.9 Å². The van der Waals surface area contributed by atoms with Gasteiger partial charge in [-0.15, -0.1) is 0 Å². The molecule has 0 spiro atoms. The van der Waals surface area contributed by atoms with Crippen LogP contribution in [0, 0.1) is 0 Å². The molecule has 0 unspecified atom stereocenters. The Labute approximate surface area is 175 Å². The van der Waals surface area contributed by atoms with Crippen LogP contribution in [0.15, 0.2) is 54.9 Å². The summed E-state index contributed by atoms with van der Waals surface area (Å²) >= 11 is 1.12. The summed E-state index contributed by atoms with van der Waals surface area (Å²) in [6.07, 6.45) is -7.73. The van der Waals surface area contributed by atoms with E-state index in [4.69, 9.17) is 0 Å². The highest BCUT2D eigenvalue weighted by Gasteiger charge is 2.33. The van der Waals surface area contributed by atoms with Crippen molar-refractivity contribution in [3.63, 3.8) is 0 Å². The Morgan fingerprint density at radius 3 is 2.23 bits per heavy atom. The smallest absolute Gasteiger partial charge is 0.338 e. The number of fused-ring (bicyclic) bond motifs is 1. The first-order chi connectivity index (χ1) is 14.6. The minimum Gasteiger partial charge on any atom is -0.338 e. The lowest BCUT2D eigenvalue weighted by atomic mass is 10.0. The van der Waals surface area contributed by atoms with Crippen molar-refractivity contribution in [3.8, 4) is 0 Å². The van der Waals surface area contributed by atoms with E-state index in [9.17, 15) is 26.3 Å². The van der Waals surface area contributed by atoms with Crippen molar-refractivity contribution in [2.24, 2.45) is 0 Å². The molecule has 11 heteroatoms. The Morgan fingerprint density at radius 1 is 0.839 bits per heavy atom. The average Bonchev–Trinajstić information content (AvgIpc) is 3.11. The third kappa shape index (κ3) is 4.61. The summed E-state index contributed by atoms with van der Waals surface area (Å²) < 4.78 is 77.9. The largest absolute Gasteiger partial charge is 0.416 e. The number of hydrogen-bond acceptors (Lipinski definition) is 5. The van der Waals surface area contributed by atoms with Crippen LogP contribution in [0.5, 0.6) is 0 Å². The molecule has 0 amide bonds. The molecule has 160 valence electrons. The highest BCUT2D eigenvalue weighted by Crippen LogP contribution is 2.35. The van der Waals surface area contributed by atoms with Crippen molar-refractivity contribution in [1.82, 2.24) is 15.0 Å². The zero-order chi connectivity index (χ0) is 22.2. The summed E-state index contributed by atoms with van der Waals surface area (Å²) in [6, 6.07) is 9.62. The van der Waals surface area contributed by atoms with Crippen LogP contribution in [-0.4, -0.2) is 15.0 Å². The van der Waals surface area contributed by atoms with Crippen LogP contribution in [0.1, 0.15) is 21.7 Å². The maximum absolute atomic E-state index is 13.2. The normalized spacial score (nSPS) is 12.3. The molecule has 2 heterocycles. The number of rotatable bonds is 4. The van der Waals surface area contributed by atoms with Gasteiger partial charge in [0.15, 0.2) is 5.82 Å². The summed E-state index contributed by atoms with van der Waals surface area (Å²) in [5, 5.41) is 3.29. The molecule has 0 saturated heterocycles. The van der Waals surface area contributed by atoms with Crippen molar-refractivity contribution in [1.29, 1.82) is 0 Å². The van der Waals surface area contributed by atoms with Gasteiger partial charge in [0.2, 0.25) is 0 Å². The number of hydrogen-bond donors (Lipinski definition) is 1. The van der Waals surface area contributed by atoms with Gasteiger partial charge in [0.1, 0.15) is 21.7 Å². The molecule has 0 aliphatic rings. The molecule has 0 aliphatic heterocycles. The van der Waals surface area contributed by atoms with Gasteiger partial charge in [0, 0.05) is 12.1 Å². The maximum Gasteiger partial charge on any atom is 0.416 e. The summed E-state index contributed by atoms with van der Waals surface area (Å²) in [5.74, 6) is 0.247. The van der Waals surface area contributed by atoms with Crippen LogP contribution in [0.25, 0.3) is 10.3 Å². The maximum atomic E-state index is 13.2. The summed E-state index contributed by atoms with van der Waals surface area (Å²) in [4.78, 5) is 13.0. The van der Waals surface area contributed by atoms with Gasteiger partial charge in [-0.3, -0.25) is 0 Å². The van der Waals surface area contributed by atoms with E-state index < -0.39 is 23.5 Å². The molecule has 0 saturated carbocycles. The molecule has 2 aromatic carbocycles. The fraction of sp³-hybridized carbons (Fsp3) is 0.150. The lowest BCUT2D eigenvalue weighted by Gasteiger charge is -2.11. The van der Waals surface area contributed by atoms with Gasteiger partial charge in [0.05, 0.1) is 11.1 Å². The van der Waals surface area contributed by atoms with Crippen molar-refractivity contribution in [2.75, 3.05) is 5.32 Å². The van der Waals surface area contributed by atoms with E-state index in [0.717, 1.165) is 29.5 Å². The van der Waals surface area contributed by atoms with Crippen molar-refractivity contribution in [3.05, 3.63) is 76.6 Å². The number of benzene rings is 2. The van der Waals surface area contributed by atoms with Gasteiger partial charge < -0.3 is 5.32 Å². The van der Waals surface area contributed by atoms with Crippen molar-refractivity contribution >= 4 is 33.2 Å². The molecule has 0 aliphatic carbocycles. The molecular formula is C20H12F6N4S. The highest BCUT2D eigenvalue weighted by atomic mass is 32.1. The quantitative estimate of drug-likeness (QED) is 0.360. The van der Waals surface area contributed by atoms with Crippen molar-refractivity contribution < 1.29 is 26.3 Å². The summed E-state index contributed by atoms with van der Waals surface area (Å²) in [5.41, 5.74) is -0.760. The second-order valence-corrected chi connectivity index (χ2v) is 7.58. The molecule has 1 N–H and O–H groups in total. The molecule has 0 atom stereocenters. The molecule has 0 fully saturated rings. The topological polar surface area (TPSA) is 50.7 Å². The number of halogens is 6. The zero-order valence-electron chi connectivity index (χ0n) is 15.4. The summed E-state index contributed by atoms with van der Waals surface area (Å²) in [6.45, 7) is 0. The number of anilines is 2. The Bertz CT molecular complexity index is 1220. The van der Waals surface area contributed by atoms with Gasteiger partial charge in [-0.25, -0.2) is 15.0 Å². The predicted octanol–water partition coefficient (Wildman–Crippen LogP) is 6.46. The zero-order valence-corrected chi connectivity index (χ0v) is 16.2. The lowest BCUT2D eigenvalue weighted by Crippen LogP contribution is -2.09. The number of aromatic nitrogens is 3. The van der Waals surface area contributed by atoms with E-state index in [1.807, 2.05) is 0 Å². The number of nitrogens with one attached hydrogen (secondary N) is 1. The van der Waals surface area contributed by atoms with E-state index in [1.54, 1.807) is 0 Å². The monoisotopic (exact) mass is 454 g/mol. The molecular weight excluding hydrogens is 442 g/mol. The van der Waals surface area contributed by atoms with Gasteiger partial charge >= 0.3 is 12.4 Å². The van der Waals surface area contributed by atoms with E-state index in [2.05, 4.69) is 20.3 Å². The number of nitrogens with zero attached hydrogens (tertiary/aromatic N) is 3. The number of alkyl halides is 6. The Hall–Kier alpha value is -3.21. The minimum atomic E-state index is -4.48. The van der Waals surface area contributed by atoms with Crippen LogP contribution in [-0.2, 0) is 18.8 Å². The Kier molecular flexibility index (Phi) is 5.29. The summed E-state index contributed by atoms with van der Waals surface area (Å²) in [7, 11) is 0. The minimum absolute atomic E-state index is 0.0452. The molecule has 0 radical (unpaired) electrons. The van der Waals surface area contributed by atoms with Crippen LogP contribution in [0.2, 0.25) is 0 Å². The van der Waals surface area contributed by atoms with Crippen molar-refractivity contribution in [2.45, 2.75) is 18.8 Å². The number of thiazole rings is 1. The van der Waals surface area contributed by atoms with Crippen LogP contribution in [0.3, 0.4) is 0 Å². The first kappa shape index (κ1) is 21.0. The molecule has 2 aromatic heterocycles. The van der Waals surface area contributed by atoms with E-state index in [-0.39, 0.29) is 17.8 Å². The highest BCUT2D eigenvalue weighted by molar-refractivity contribution is 7.18. The third-order valence-corrected chi connectivity index (χ3v) is 5.34. The lowest BCUT2D eigenvalue weighted by molar-refractivity contribution is -0.138. The average molecular weight is 454 g/mol. The molecule has 4 aromatic rings. The standard InChI is InChI=1S/C20H12F6N4S/c21-19(22,23)12-5-7-13(8-6-12)29-17-16-18(28-10-27-17)31-15(30-16)9-11-3-1-2-4-14(11)20(24,25)26/h1-8,10H,9H2,(H,27,28,29). The fourth-order valence-corrected chi connectivity index (χ4v) is 3.88. The van der Waals surface area contributed by atoms with Gasteiger partial charge in [0.25, 0.3) is 0 Å². The van der Waals surface area contributed by atoms with Gasteiger partial charge in [-0.2, -0.15) is 26.3 Å². The predicted molar refractivity (Wildman–Crippen MR) is 104 cm³/mol. The fourth-order valence-electron chi connectivity index (χ4n) is 2.96. The molecule has 4 nitrogen and oxygen atoms in total. The third-order valence-electron chi connectivity index (χ3n) is 4.38. The van der Waals surface area contributed by atoms with Crippen LogP contribution < -0.4 is 5.32 Å². The van der Waals surface area contributed by atoms with E-state index in [1.165, 1.54) is 36.7 Å². The van der Waals surface area contributed by atoms with E-state index >= 15 is 0 Å². The Morgan fingerprint density at radius 2 is 1.55 bits per heavy atom. The Balaban J connectivity index is 1.63. The van der Waals surface area contributed by atoms with Crippen LogP contribution in [0.4, 0.5) is 37.8 Å². The van der Waals surface area contributed by atoms with Crippen LogP contribution >= 0.6 is 11.3 Å².